The fourth-order valence-corrected chi connectivity index (χ4v) is 2.96. The third kappa shape index (κ3) is 2.82. The predicted molar refractivity (Wildman–Crippen MR) is 87.6 cm³/mol. The van der Waals surface area contributed by atoms with E-state index in [2.05, 4.69) is 5.10 Å². The van der Waals surface area contributed by atoms with Crippen LogP contribution in [-0.2, 0) is 4.74 Å². The monoisotopic (exact) mass is 333 g/mol. The van der Waals surface area contributed by atoms with Crippen molar-refractivity contribution >= 4 is 23.3 Å². The summed E-state index contributed by atoms with van der Waals surface area (Å²) in [5.41, 5.74) is 0.794. The highest BCUT2D eigenvalue weighted by Gasteiger charge is 2.21. The normalized spacial score (nSPS) is 14.1. The zero-order valence-corrected chi connectivity index (χ0v) is 13.4. The van der Waals surface area contributed by atoms with E-state index < -0.39 is 11.5 Å². The number of aromatic nitrogens is 2. The molecule has 120 valence electrons. The van der Waals surface area contributed by atoms with Crippen LogP contribution in [-0.4, -0.2) is 35.9 Å². The smallest absolute Gasteiger partial charge is 0.340 e. The number of para-hydroxylation sites is 1. The molecule has 0 bridgehead atoms. The lowest BCUT2D eigenvalue weighted by Crippen LogP contribution is -2.27. The van der Waals surface area contributed by atoms with Gasteiger partial charge in [-0.25, -0.2) is 4.79 Å². The molecule has 1 aromatic heterocycles. The van der Waals surface area contributed by atoms with Gasteiger partial charge in [0.25, 0.3) is 5.56 Å². The number of rotatable bonds is 3. The van der Waals surface area contributed by atoms with Crippen molar-refractivity contribution < 1.29 is 9.53 Å². The summed E-state index contributed by atoms with van der Waals surface area (Å²) >= 11 is 6.26. The van der Waals surface area contributed by atoms with E-state index in [1.54, 1.807) is 30.5 Å². The summed E-state index contributed by atoms with van der Waals surface area (Å²) in [5.74, 6) is -0.533. The molecule has 0 saturated carbocycles. The standard InChI is InChI=1S/C16H16ClN3O3/c1-23-16(22)11-6-2-3-7-12(11)20-15(21)14(17)13(10-18-20)19-8-4-5-9-19/h2-3,6-7,10H,4-5,8-9H2,1H3. The highest BCUT2D eigenvalue weighted by atomic mass is 35.5. The van der Waals surface area contributed by atoms with Crippen LogP contribution >= 0.6 is 11.6 Å². The lowest BCUT2D eigenvalue weighted by atomic mass is 10.2. The fraction of sp³-hybridized carbons (Fsp3) is 0.312. The van der Waals surface area contributed by atoms with Crippen molar-refractivity contribution in [3.8, 4) is 5.69 Å². The minimum atomic E-state index is -0.533. The molecule has 0 atom stereocenters. The number of anilines is 1. The number of benzene rings is 1. The van der Waals surface area contributed by atoms with Gasteiger partial charge in [0, 0.05) is 13.1 Å². The van der Waals surface area contributed by atoms with Crippen molar-refractivity contribution in [1.82, 2.24) is 9.78 Å². The molecule has 0 radical (unpaired) electrons. The van der Waals surface area contributed by atoms with E-state index in [0.29, 0.717) is 11.4 Å². The van der Waals surface area contributed by atoms with Crippen LogP contribution in [0.25, 0.3) is 5.69 Å². The molecule has 3 rings (SSSR count). The second-order valence-electron chi connectivity index (χ2n) is 5.26. The van der Waals surface area contributed by atoms with Crippen molar-refractivity contribution in [2.75, 3.05) is 25.1 Å². The second-order valence-corrected chi connectivity index (χ2v) is 5.64. The van der Waals surface area contributed by atoms with Crippen molar-refractivity contribution in [2.45, 2.75) is 12.8 Å². The Morgan fingerprint density at radius 1 is 1.22 bits per heavy atom. The minimum Gasteiger partial charge on any atom is -0.465 e. The molecule has 1 aliphatic heterocycles. The van der Waals surface area contributed by atoms with Gasteiger partial charge in [-0.1, -0.05) is 23.7 Å². The number of carbonyl (C=O) groups excluding carboxylic acids is 1. The maximum absolute atomic E-state index is 12.6. The van der Waals surface area contributed by atoms with Gasteiger partial charge in [-0.2, -0.15) is 9.78 Å². The Kier molecular flexibility index (Phi) is 4.34. The zero-order valence-electron chi connectivity index (χ0n) is 12.7. The van der Waals surface area contributed by atoms with Crippen LogP contribution < -0.4 is 10.5 Å². The SMILES string of the molecule is COC(=O)c1ccccc1-n1ncc(N2CCCC2)c(Cl)c1=O. The molecule has 1 saturated heterocycles. The highest BCUT2D eigenvalue weighted by Crippen LogP contribution is 2.25. The average molecular weight is 334 g/mol. The average Bonchev–Trinajstić information content (AvgIpc) is 3.11. The first-order chi connectivity index (χ1) is 11.1. The van der Waals surface area contributed by atoms with Gasteiger partial charge in [-0.3, -0.25) is 4.79 Å². The Balaban J connectivity index is 2.10. The lowest BCUT2D eigenvalue weighted by molar-refractivity contribution is 0.0600. The summed E-state index contributed by atoms with van der Waals surface area (Å²) in [6.07, 6.45) is 3.72. The number of esters is 1. The van der Waals surface area contributed by atoms with Gasteiger partial charge in [0.2, 0.25) is 0 Å². The molecule has 0 spiro atoms. The van der Waals surface area contributed by atoms with Gasteiger partial charge >= 0.3 is 5.97 Å². The summed E-state index contributed by atoms with van der Waals surface area (Å²) in [7, 11) is 1.29. The molecular formula is C16H16ClN3O3. The number of ether oxygens (including phenoxy) is 1. The second kappa shape index (κ2) is 6.42. The van der Waals surface area contributed by atoms with Gasteiger partial charge < -0.3 is 9.64 Å². The Morgan fingerprint density at radius 3 is 2.61 bits per heavy atom. The summed E-state index contributed by atoms with van der Waals surface area (Å²) in [4.78, 5) is 26.5. The van der Waals surface area contributed by atoms with Crippen molar-refractivity contribution in [1.29, 1.82) is 0 Å². The molecule has 1 aromatic carbocycles. The van der Waals surface area contributed by atoms with E-state index in [9.17, 15) is 9.59 Å². The van der Waals surface area contributed by atoms with Gasteiger partial charge in [-0.05, 0) is 25.0 Å². The molecule has 0 aliphatic carbocycles. The Bertz CT molecular complexity index is 797. The first kappa shape index (κ1) is 15.6. The highest BCUT2D eigenvalue weighted by molar-refractivity contribution is 6.33. The third-order valence-electron chi connectivity index (χ3n) is 3.88. The van der Waals surface area contributed by atoms with E-state index in [0.717, 1.165) is 30.6 Å². The number of nitrogens with zero attached hydrogens (tertiary/aromatic N) is 3. The maximum Gasteiger partial charge on any atom is 0.340 e. The van der Waals surface area contributed by atoms with E-state index in [-0.39, 0.29) is 10.6 Å². The Labute approximate surface area is 138 Å². The molecule has 1 fully saturated rings. The number of carbonyl (C=O) groups is 1. The number of methoxy groups -OCH3 is 1. The van der Waals surface area contributed by atoms with Gasteiger partial charge in [-0.15, -0.1) is 0 Å². The van der Waals surface area contributed by atoms with E-state index >= 15 is 0 Å². The van der Waals surface area contributed by atoms with Gasteiger partial charge in [0.05, 0.1) is 30.2 Å². The fourth-order valence-electron chi connectivity index (χ4n) is 2.72. The molecule has 23 heavy (non-hydrogen) atoms. The van der Waals surface area contributed by atoms with Crippen molar-refractivity contribution in [3.05, 3.63) is 51.4 Å². The Hall–Kier alpha value is -2.34. The summed E-state index contributed by atoms with van der Waals surface area (Å²) < 4.78 is 5.88. The van der Waals surface area contributed by atoms with E-state index in [1.165, 1.54) is 7.11 Å². The van der Waals surface area contributed by atoms with Crippen LogP contribution in [0.5, 0.6) is 0 Å². The molecule has 7 heteroatoms. The summed E-state index contributed by atoms with van der Waals surface area (Å²) in [5, 5.41) is 4.31. The molecule has 0 amide bonds. The number of hydrogen-bond acceptors (Lipinski definition) is 5. The van der Waals surface area contributed by atoms with Gasteiger partial charge in [0.1, 0.15) is 5.02 Å². The van der Waals surface area contributed by atoms with Crippen LogP contribution in [0.4, 0.5) is 5.69 Å². The number of hydrogen-bond donors (Lipinski definition) is 0. The van der Waals surface area contributed by atoms with Crippen LogP contribution in [0.3, 0.4) is 0 Å². The largest absolute Gasteiger partial charge is 0.465 e. The van der Waals surface area contributed by atoms with Crippen LogP contribution in [0.15, 0.2) is 35.3 Å². The number of halogens is 1. The van der Waals surface area contributed by atoms with Crippen LogP contribution in [0.1, 0.15) is 23.2 Å². The topological polar surface area (TPSA) is 64.4 Å². The van der Waals surface area contributed by atoms with Gasteiger partial charge in [0.15, 0.2) is 0 Å². The maximum atomic E-state index is 12.6. The zero-order chi connectivity index (χ0) is 16.4. The quantitative estimate of drug-likeness (QED) is 0.806. The van der Waals surface area contributed by atoms with E-state index in [4.69, 9.17) is 16.3 Å². The Morgan fingerprint density at radius 2 is 1.91 bits per heavy atom. The summed E-state index contributed by atoms with van der Waals surface area (Å²) in [6.45, 7) is 1.73. The first-order valence-corrected chi connectivity index (χ1v) is 7.72. The van der Waals surface area contributed by atoms with Crippen molar-refractivity contribution in [3.63, 3.8) is 0 Å². The first-order valence-electron chi connectivity index (χ1n) is 7.34. The molecule has 2 heterocycles. The predicted octanol–water partition coefficient (Wildman–Crippen LogP) is 2.27. The van der Waals surface area contributed by atoms with Crippen LogP contribution in [0.2, 0.25) is 5.02 Å². The molecule has 1 aliphatic rings. The molecular weight excluding hydrogens is 318 g/mol. The minimum absolute atomic E-state index is 0.113. The lowest BCUT2D eigenvalue weighted by Gasteiger charge is -2.19. The third-order valence-corrected chi connectivity index (χ3v) is 4.24. The van der Waals surface area contributed by atoms with Crippen molar-refractivity contribution in [2.24, 2.45) is 0 Å². The summed E-state index contributed by atoms with van der Waals surface area (Å²) in [6, 6.07) is 6.63. The molecule has 2 aromatic rings. The van der Waals surface area contributed by atoms with E-state index in [1.807, 2.05) is 4.90 Å². The van der Waals surface area contributed by atoms with Crippen LogP contribution in [0, 0.1) is 0 Å². The molecule has 0 unspecified atom stereocenters. The molecule has 0 N–H and O–H groups in total. The molecule has 6 nitrogen and oxygen atoms in total.